The van der Waals surface area contributed by atoms with E-state index in [2.05, 4.69) is 4.99 Å². The van der Waals surface area contributed by atoms with Gasteiger partial charge < -0.3 is 4.74 Å². The van der Waals surface area contributed by atoms with E-state index in [4.69, 9.17) is 4.74 Å². The van der Waals surface area contributed by atoms with Crippen molar-refractivity contribution >= 4 is 17.5 Å². The molecule has 4 rings (SSSR count). The highest BCUT2D eigenvalue weighted by Gasteiger charge is 2.44. The van der Waals surface area contributed by atoms with Gasteiger partial charge in [0.1, 0.15) is 12.0 Å². The second-order valence-corrected chi connectivity index (χ2v) is 8.31. The molecule has 3 aliphatic rings. The third kappa shape index (κ3) is 3.94. The number of allylic oxidation sites excluding steroid dienone is 2. The Morgan fingerprint density at radius 1 is 1.07 bits per heavy atom. The fraction of sp³-hybridized carbons (Fsp3) is 0.522. The molecule has 0 amide bonds. The Labute approximate surface area is 173 Å². The maximum Gasteiger partial charge on any atom is 0.416 e. The summed E-state index contributed by atoms with van der Waals surface area (Å²) in [6, 6.07) is 4.75. The lowest BCUT2D eigenvalue weighted by Crippen LogP contribution is -2.38. The molecule has 1 unspecified atom stereocenters. The number of carbonyl (C=O) groups excluding carboxylic acids is 2. The van der Waals surface area contributed by atoms with Crippen molar-refractivity contribution in [2.75, 3.05) is 0 Å². The lowest BCUT2D eigenvalue weighted by molar-refractivity contribution is -0.151. The van der Waals surface area contributed by atoms with Crippen LogP contribution in [0.2, 0.25) is 0 Å². The zero-order valence-electron chi connectivity index (χ0n) is 16.8. The smallest absolute Gasteiger partial charge is 0.416 e. The maximum atomic E-state index is 13.1. The van der Waals surface area contributed by atoms with Gasteiger partial charge in [-0.15, -0.1) is 0 Å². The van der Waals surface area contributed by atoms with E-state index in [1.165, 1.54) is 12.1 Å². The Morgan fingerprint density at radius 3 is 2.37 bits per heavy atom. The number of carbonyl (C=O) groups is 2. The van der Waals surface area contributed by atoms with Gasteiger partial charge in [-0.3, -0.25) is 14.6 Å². The minimum Gasteiger partial charge on any atom is -0.462 e. The topological polar surface area (TPSA) is 55.7 Å². The molecular formula is C23H24F3NO3. The molecule has 30 heavy (non-hydrogen) atoms. The molecular weight excluding hydrogens is 395 g/mol. The number of aliphatic imine (C=N–C) groups is 1. The molecule has 4 nitrogen and oxygen atoms in total. The second kappa shape index (κ2) is 8.00. The average Bonchev–Trinajstić information content (AvgIpc) is 3.19. The van der Waals surface area contributed by atoms with E-state index < -0.39 is 29.5 Å². The van der Waals surface area contributed by atoms with Crippen LogP contribution in [0.4, 0.5) is 13.2 Å². The van der Waals surface area contributed by atoms with Gasteiger partial charge in [0.2, 0.25) is 0 Å². The summed E-state index contributed by atoms with van der Waals surface area (Å²) >= 11 is 0. The predicted octanol–water partition coefficient (Wildman–Crippen LogP) is 5.37. The zero-order valence-corrected chi connectivity index (χ0v) is 16.8. The highest BCUT2D eigenvalue weighted by atomic mass is 19.4. The van der Waals surface area contributed by atoms with Gasteiger partial charge in [-0.2, -0.15) is 13.2 Å². The minimum atomic E-state index is -4.45. The van der Waals surface area contributed by atoms with Crippen LogP contribution in [0.1, 0.15) is 68.9 Å². The van der Waals surface area contributed by atoms with E-state index in [0.717, 1.165) is 37.8 Å². The van der Waals surface area contributed by atoms with E-state index in [9.17, 15) is 22.8 Å². The van der Waals surface area contributed by atoms with Crippen molar-refractivity contribution in [1.82, 2.24) is 0 Å². The number of ketones is 1. The van der Waals surface area contributed by atoms with Crippen LogP contribution in [0.25, 0.3) is 0 Å². The summed E-state index contributed by atoms with van der Waals surface area (Å²) < 4.78 is 44.8. The van der Waals surface area contributed by atoms with Crippen LogP contribution in [-0.2, 0) is 20.5 Å². The van der Waals surface area contributed by atoms with Crippen molar-refractivity contribution < 1.29 is 27.5 Å². The molecule has 7 heteroatoms. The van der Waals surface area contributed by atoms with Crippen molar-refractivity contribution in [1.29, 1.82) is 0 Å². The molecule has 1 heterocycles. The SMILES string of the molecule is CC1=NC2=C(C(=O)CCC2)[C@H](c2ccc(C(F)(F)F)cc2)C1C(=O)OC1CCCC1. The summed E-state index contributed by atoms with van der Waals surface area (Å²) in [6.07, 6.45) is 0.710. The number of benzene rings is 1. The minimum absolute atomic E-state index is 0.0870. The highest BCUT2D eigenvalue weighted by molar-refractivity contribution is 6.08. The zero-order chi connectivity index (χ0) is 21.5. The normalized spacial score (nSPS) is 25.2. The van der Waals surface area contributed by atoms with Gasteiger partial charge in [0.25, 0.3) is 0 Å². The molecule has 1 aliphatic heterocycles. The number of halogens is 3. The van der Waals surface area contributed by atoms with Crippen LogP contribution in [-0.4, -0.2) is 23.6 Å². The van der Waals surface area contributed by atoms with Crippen LogP contribution in [0.15, 0.2) is 40.5 Å². The maximum absolute atomic E-state index is 13.1. The first-order valence-electron chi connectivity index (χ1n) is 10.4. The van der Waals surface area contributed by atoms with Gasteiger partial charge in [0.15, 0.2) is 5.78 Å². The van der Waals surface area contributed by atoms with E-state index in [-0.39, 0.29) is 11.9 Å². The molecule has 0 aromatic heterocycles. The van der Waals surface area contributed by atoms with Crippen LogP contribution >= 0.6 is 0 Å². The van der Waals surface area contributed by atoms with E-state index in [0.29, 0.717) is 41.8 Å². The van der Waals surface area contributed by atoms with Crippen molar-refractivity contribution in [3.63, 3.8) is 0 Å². The number of hydrogen-bond acceptors (Lipinski definition) is 4. The summed E-state index contributed by atoms with van der Waals surface area (Å²) in [6.45, 7) is 1.74. The van der Waals surface area contributed by atoms with Gasteiger partial charge >= 0.3 is 12.1 Å². The van der Waals surface area contributed by atoms with Crippen LogP contribution in [0.3, 0.4) is 0 Å². The third-order valence-electron chi connectivity index (χ3n) is 6.27. The van der Waals surface area contributed by atoms with Gasteiger partial charge in [0.05, 0.1) is 5.56 Å². The molecule has 2 aliphatic carbocycles. The van der Waals surface area contributed by atoms with Gasteiger partial charge in [-0.1, -0.05) is 12.1 Å². The van der Waals surface area contributed by atoms with E-state index in [1.807, 2.05) is 0 Å². The molecule has 1 fully saturated rings. The lowest BCUT2D eigenvalue weighted by Gasteiger charge is -2.35. The average molecular weight is 419 g/mol. The monoisotopic (exact) mass is 419 g/mol. The van der Waals surface area contributed by atoms with Crippen LogP contribution < -0.4 is 0 Å². The van der Waals surface area contributed by atoms with Crippen molar-refractivity contribution in [2.45, 2.75) is 70.1 Å². The summed E-state index contributed by atoms with van der Waals surface area (Å²) in [5, 5.41) is 0. The van der Waals surface area contributed by atoms with Gasteiger partial charge in [0, 0.05) is 29.3 Å². The molecule has 1 aromatic carbocycles. The standard InChI is InChI=1S/C23H24F3NO3/c1-13-19(22(29)30-16-5-2-3-6-16)20(21-17(27-13)7-4-8-18(21)28)14-9-11-15(12-10-14)23(24,25)26/h9-12,16,19-20H,2-8H2,1H3/t19?,20-/m1/s1. The summed E-state index contributed by atoms with van der Waals surface area (Å²) in [5.41, 5.74) is 1.41. The fourth-order valence-electron chi connectivity index (χ4n) is 4.79. The number of nitrogens with zero attached hydrogens (tertiary/aromatic N) is 1. The Balaban J connectivity index is 1.74. The summed E-state index contributed by atoms with van der Waals surface area (Å²) in [4.78, 5) is 30.5. The van der Waals surface area contributed by atoms with Crippen molar-refractivity contribution in [3.8, 4) is 0 Å². The Bertz CT molecular complexity index is 909. The first-order chi connectivity index (χ1) is 14.3. The predicted molar refractivity (Wildman–Crippen MR) is 105 cm³/mol. The van der Waals surface area contributed by atoms with E-state index in [1.54, 1.807) is 6.92 Å². The third-order valence-corrected chi connectivity index (χ3v) is 6.27. The molecule has 2 atom stereocenters. The molecule has 0 radical (unpaired) electrons. The largest absolute Gasteiger partial charge is 0.462 e. The van der Waals surface area contributed by atoms with Crippen LogP contribution in [0.5, 0.6) is 0 Å². The number of hydrogen-bond donors (Lipinski definition) is 0. The highest BCUT2D eigenvalue weighted by Crippen LogP contribution is 2.44. The van der Waals surface area contributed by atoms with Crippen LogP contribution in [0, 0.1) is 5.92 Å². The fourth-order valence-corrected chi connectivity index (χ4v) is 4.79. The first kappa shape index (κ1) is 20.8. The van der Waals surface area contributed by atoms with Crippen molar-refractivity contribution in [3.05, 3.63) is 46.7 Å². The lowest BCUT2D eigenvalue weighted by atomic mass is 9.71. The molecule has 0 bridgehead atoms. The second-order valence-electron chi connectivity index (χ2n) is 8.31. The Morgan fingerprint density at radius 2 is 1.73 bits per heavy atom. The molecule has 0 spiro atoms. The van der Waals surface area contributed by atoms with Crippen molar-refractivity contribution in [2.24, 2.45) is 10.9 Å². The summed E-state index contributed by atoms with van der Waals surface area (Å²) in [7, 11) is 0. The van der Waals surface area contributed by atoms with E-state index >= 15 is 0 Å². The molecule has 160 valence electrons. The number of rotatable bonds is 3. The number of esters is 1. The molecule has 0 saturated heterocycles. The Hall–Kier alpha value is -2.44. The summed E-state index contributed by atoms with van der Waals surface area (Å²) in [5.74, 6) is -2.00. The molecule has 1 saturated carbocycles. The number of ether oxygens (including phenoxy) is 1. The van der Waals surface area contributed by atoms with Gasteiger partial charge in [-0.05, 0) is 63.1 Å². The molecule has 1 aromatic rings. The first-order valence-corrected chi connectivity index (χ1v) is 10.4. The quantitative estimate of drug-likeness (QED) is 0.619. The number of alkyl halides is 3. The molecule has 0 N–H and O–H groups in total. The van der Waals surface area contributed by atoms with Gasteiger partial charge in [-0.25, -0.2) is 0 Å². The Kier molecular flexibility index (Phi) is 5.55. The number of Topliss-reactive ketones (excluding diaryl/α,β-unsaturated/α-hetero) is 1.